The molecule has 1 aromatic heterocycles. The van der Waals surface area contributed by atoms with Gasteiger partial charge in [0.15, 0.2) is 0 Å². The molecule has 0 unspecified atom stereocenters. The molecule has 3 heterocycles. The second-order valence-electron chi connectivity index (χ2n) is 9.12. The van der Waals surface area contributed by atoms with Gasteiger partial charge in [0.1, 0.15) is 0 Å². The van der Waals surface area contributed by atoms with E-state index in [1.54, 1.807) is 12.4 Å². The van der Waals surface area contributed by atoms with Gasteiger partial charge in [0.2, 0.25) is 17.8 Å². The minimum absolute atomic E-state index is 0.0623. The fourth-order valence-electron chi connectivity index (χ4n) is 3.90. The van der Waals surface area contributed by atoms with Gasteiger partial charge in [-0.25, -0.2) is 9.97 Å². The normalized spacial score (nSPS) is 19.4. The molecule has 0 spiro atoms. The zero-order valence-corrected chi connectivity index (χ0v) is 18.5. The van der Waals surface area contributed by atoms with Crippen LogP contribution in [0.1, 0.15) is 27.2 Å². The summed E-state index contributed by atoms with van der Waals surface area (Å²) in [6.45, 7) is 13.2. The molecule has 3 rings (SSSR count). The van der Waals surface area contributed by atoms with Crippen molar-refractivity contribution in [2.24, 2.45) is 0 Å². The maximum atomic E-state index is 12.8. The number of carbonyl (C=O) groups is 2. The Balaban J connectivity index is 1.40. The average Bonchev–Trinajstić information content (AvgIpc) is 2.92. The molecule has 0 aliphatic carbocycles. The van der Waals surface area contributed by atoms with E-state index in [-0.39, 0.29) is 17.4 Å². The molecule has 2 aliphatic heterocycles. The maximum absolute atomic E-state index is 12.8. The Bertz CT molecular complexity index is 699. The number of anilines is 1. The molecule has 0 radical (unpaired) electrons. The van der Waals surface area contributed by atoms with E-state index < -0.39 is 0 Å². The van der Waals surface area contributed by atoms with Crippen molar-refractivity contribution in [1.82, 2.24) is 30.0 Å². The fourth-order valence-corrected chi connectivity index (χ4v) is 3.90. The Morgan fingerprint density at radius 2 is 1.50 bits per heavy atom. The lowest BCUT2D eigenvalue weighted by atomic mass is 10.1. The van der Waals surface area contributed by atoms with Gasteiger partial charge in [0.25, 0.3) is 0 Å². The Morgan fingerprint density at radius 3 is 2.10 bits per heavy atom. The molecule has 30 heavy (non-hydrogen) atoms. The number of hydrogen-bond acceptors (Lipinski definition) is 7. The van der Waals surface area contributed by atoms with Gasteiger partial charge in [-0.05, 0) is 46.3 Å². The van der Waals surface area contributed by atoms with Gasteiger partial charge in [-0.2, -0.15) is 0 Å². The summed E-state index contributed by atoms with van der Waals surface area (Å²) in [4.78, 5) is 42.0. The number of aromatic nitrogens is 2. The van der Waals surface area contributed by atoms with Crippen molar-refractivity contribution < 1.29 is 9.59 Å². The van der Waals surface area contributed by atoms with Gasteiger partial charge >= 0.3 is 0 Å². The van der Waals surface area contributed by atoms with Gasteiger partial charge in [0, 0.05) is 57.2 Å². The molecule has 9 nitrogen and oxygen atoms in total. The lowest BCUT2D eigenvalue weighted by molar-refractivity contribution is -0.132. The summed E-state index contributed by atoms with van der Waals surface area (Å²) in [5.41, 5.74) is -0.210. The number of nitrogens with one attached hydrogen (secondary N) is 1. The number of piperazine rings is 1. The lowest BCUT2D eigenvalue weighted by Crippen LogP contribution is -2.52. The molecule has 0 bridgehead atoms. The smallest absolute Gasteiger partial charge is 0.236 e. The van der Waals surface area contributed by atoms with Crippen LogP contribution in [0.15, 0.2) is 18.5 Å². The van der Waals surface area contributed by atoms with Crippen LogP contribution in [0, 0.1) is 0 Å². The summed E-state index contributed by atoms with van der Waals surface area (Å²) in [7, 11) is 0. The van der Waals surface area contributed by atoms with Crippen LogP contribution in [0.25, 0.3) is 0 Å². The Morgan fingerprint density at radius 1 is 0.900 bits per heavy atom. The third-order valence-electron chi connectivity index (χ3n) is 5.39. The summed E-state index contributed by atoms with van der Waals surface area (Å²) < 4.78 is 0. The third kappa shape index (κ3) is 6.91. The van der Waals surface area contributed by atoms with E-state index in [1.807, 2.05) is 31.7 Å². The number of hydrogen-bond donors (Lipinski definition) is 1. The average molecular weight is 418 g/mol. The largest absolute Gasteiger partial charge is 0.350 e. The predicted molar refractivity (Wildman–Crippen MR) is 116 cm³/mol. The second-order valence-corrected chi connectivity index (χ2v) is 9.12. The van der Waals surface area contributed by atoms with E-state index in [2.05, 4.69) is 30.0 Å². The summed E-state index contributed by atoms with van der Waals surface area (Å²) in [6.07, 6.45) is 4.46. The Kier molecular flexibility index (Phi) is 7.60. The van der Waals surface area contributed by atoms with Gasteiger partial charge in [0.05, 0.1) is 13.1 Å². The zero-order chi connectivity index (χ0) is 21.6. The van der Waals surface area contributed by atoms with Gasteiger partial charge < -0.3 is 15.1 Å². The molecule has 0 aromatic carbocycles. The monoisotopic (exact) mass is 417 g/mol. The minimum Gasteiger partial charge on any atom is -0.350 e. The SMILES string of the molecule is CC(C)(C)NC(=O)CN1CCCN(CC(=O)N2CCN(c3ncccn3)CC2)CC1. The molecule has 2 saturated heterocycles. The number of nitrogens with zero attached hydrogens (tertiary/aromatic N) is 6. The number of amides is 2. The number of carbonyl (C=O) groups excluding carboxylic acids is 2. The van der Waals surface area contributed by atoms with Crippen LogP contribution in [-0.4, -0.2) is 107 Å². The summed E-state index contributed by atoms with van der Waals surface area (Å²) in [5, 5.41) is 3.02. The molecule has 2 aliphatic rings. The van der Waals surface area contributed by atoms with E-state index in [4.69, 9.17) is 0 Å². The molecule has 0 saturated carbocycles. The lowest BCUT2D eigenvalue weighted by Gasteiger charge is -2.35. The van der Waals surface area contributed by atoms with E-state index >= 15 is 0 Å². The second kappa shape index (κ2) is 10.2. The topological polar surface area (TPSA) is 84.9 Å². The molecule has 0 atom stereocenters. The first-order chi connectivity index (χ1) is 14.3. The van der Waals surface area contributed by atoms with Crippen molar-refractivity contribution in [2.45, 2.75) is 32.7 Å². The van der Waals surface area contributed by atoms with Crippen molar-refractivity contribution in [1.29, 1.82) is 0 Å². The fraction of sp³-hybridized carbons (Fsp3) is 0.714. The Labute approximate surface area is 179 Å². The van der Waals surface area contributed by atoms with Crippen LogP contribution in [0.5, 0.6) is 0 Å². The summed E-state index contributed by atoms with van der Waals surface area (Å²) in [6, 6.07) is 1.81. The van der Waals surface area contributed by atoms with Crippen LogP contribution in [-0.2, 0) is 9.59 Å². The highest BCUT2D eigenvalue weighted by atomic mass is 16.2. The van der Waals surface area contributed by atoms with E-state index in [1.165, 1.54) is 0 Å². The zero-order valence-electron chi connectivity index (χ0n) is 18.5. The predicted octanol–water partition coefficient (Wildman–Crippen LogP) is 0.0476. The molecular weight excluding hydrogens is 382 g/mol. The van der Waals surface area contributed by atoms with E-state index in [0.29, 0.717) is 26.2 Å². The first-order valence-corrected chi connectivity index (χ1v) is 10.9. The molecular formula is C21H35N7O2. The number of rotatable bonds is 5. The van der Waals surface area contributed by atoms with Gasteiger partial charge in [-0.3, -0.25) is 19.4 Å². The standard InChI is InChI=1S/C21H35N7O2/c1-21(2,3)24-18(29)16-25-8-5-9-26(11-10-25)17-19(30)27-12-14-28(15-13-27)20-22-6-4-7-23-20/h4,6-7H,5,8-17H2,1-3H3,(H,24,29). The van der Waals surface area contributed by atoms with Crippen LogP contribution in [0.4, 0.5) is 5.95 Å². The van der Waals surface area contributed by atoms with E-state index in [0.717, 1.165) is 51.6 Å². The maximum Gasteiger partial charge on any atom is 0.236 e. The summed E-state index contributed by atoms with van der Waals surface area (Å²) >= 11 is 0. The summed E-state index contributed by atoms with van der Waals surface area (Å²) in [5.74, 6) is 0.975. The molecule has 2 amide bonds. The van der Waals surface area contributed by atoms with Crippen LogP contribution in [0.3, 0.4) is 0 Å². The van der Waals surface area contributed by atoms with Gasteiger partial charge in [-0.1, -0.05) is 0 Å². The van der Waals surface area contributed by atoms with Crippen LogP contribution in [0.2, 0.25) is 0 Å². The first-order valence-electron chi connectivity index (χ1n) is 10.9. The third-order valence-corrected chi connectivity index (χ3v) is 5.39. The molecule has 1 aromatic rings. The molecule has 2 fully saturated rings. The first kappa shape index (κ1) is 22.4. The van der Waals surface area contributed by atoms with Crippen molar-refractivity contribution in [3.63, 3.8) is 0 Å². The van der Waals surface area contributed by atoms with Crippen molar-refractivity contribution in [3.8, 4) is 0 Å². The van der Waals surface area contributed by atoms with E-state index in [9.17, 15) is 9.59 Å². The molecule has 1 N–H and O–H groups in total. The minimum atomic E-state index is -0.210. The molecule has 166 valence electrons. The van der Waals surface area contributed by atoms with Gasteiger partial charge in [-0.15, -0.1) is 0 Å². The van der Waals surface area contributed by atoms with Crippen LogP contribution >= 0.6 is 0 Å². The highest BCUT2D eigenvalue weighted by molar-refractivity contribution is 5.79. The highest BCUT2D eigenvalue weighted by Gasteiger charge is 2.25. The van der Waals surface area contributed by atoms with Crippen LogP contribution < -0.4 is 10.2 Å². The quantitative estimate of drug-likeness (QED) is 0.724. The molecule has 9 heteroatoms. The Hall–Kier alpha value is -2.26. The van der Waals surface area contributed by atoms with Crippen molar-refractivity contribution in [2.75, 3.05) is 70.3 Å². The highest BCUT2D eigenvalue weighted by Crippen LogP contribution is 2.11. The van der Waals surface area contributed by atoms with Crippen molar-refractivity contribution in [3.05, 3.63) is 18.5 Å². The van der Waals surface area contributed by atoms with Crippen molar-refractivity contribution >= 4 is 17.8 Å².